The number of ether oxygens (including phenoxy) is 1. The zero-order valence-corrected chi connectivity index (χ0v) is 18.9. The second kappa shape index (κ2) is 9.15. The van der Waals surface area contributed by atoms with Gasteiger partial charge in [0.05, 0.1) is 30.7 Å². The van der Waals surface area contributed by atoms with Crippen molar-refractivity contribution in [3.8, 4) is 11.8 Å². The molecule has 1 fully saturated rings. The molecule has 0 N–H and O–H groups in total. The summed E-state index contributed by atoms with van der Waals surface area (Å²) in [5.74, 6) is -0.722. The number of imidazole rings is 1. The van der Waals surface area contributed by atoms with Gasteiger partial charge in [-0.2, -0.15) is 5.26 Å². The lowest BCUT2D eigenvalue weighted by molar-refractivity contribution is -0.115. The number of nitrogens with zero attached hydrogens (tertiary/aromatic N) is 7. The van der Waals surface area contributed by atoms with Crippen LogP contribution in [0.2, 0.25) is 5.15 Å². The Morgan fingerprint density at radius 1 is 1.24 bits per heavy atom. The Kier molecular flexibility index (Phi) is 5.92. The van der Waals surface area contributed by atoms with Gasteiger partial charge in [-0.15, -0.1) is 21.5 Å². The fraction of sp³-hybridized carbons (Fsp3) is 0.227. The fourth-order valence-corrected chi connectivity index (χ4v) is 4.70. The van der Waals surface area contributed by atoms with Crippen LogP contribution in [0.4, 0.5) is 5.95 Å². The quantitative estimate of drug-likeness (QED) is 0.391. The highest BCUT2D eigenvalue weighted by atomic mass is 35.5. The molecule has 3 aromatic heterocycles. The summed E-state index contributed by atoms with van der Waals surface area (Å²) in [6.45, 7) is 2.44. The van der Waals surface area contributed by atoms with Gasteiger partial charge in [0.25, 0.3) is 0 Å². The van der Waals surface area contributed by atoms with Gasteiger partial charge in [0.15, 0.2) is 27.6 Å². The molecular formula is C22H18ClN7O2S. The Hall–Kier alpha value is -3.52. The van der Waals surface area contributed by atoms with Crippen LogP contribution in [-0.2, 0) is 9.53 Å². The average molecular weight is 480 g/mol. The van der Waals surface area contributed by atoms with Crippen LogP contribution < -0.4 is 4.90 Å². The maximum atomic E-state index is 13.1. The van der Waals surface area contributed by atoms with E-state index in [4.69, 9.17) is 16.3 Å². The lowest BCUT2D eigenvalue weighted by Crippen LogP contribution is -2.38. The summed E-state index contributed by atoms with van der Waals surface area (Å²) >= 11 is 7.66. The number of aromatic nitrogens is 5. The van der Waals surface area contributed by atoms with Gasteiger partial charge < -0.3 is 9.64 Å². The van der Waals surface area contributed by atoms with Crippen LogP contribution >= 0.6 is 22.9 Å². The van der Waals surface area contributed by atoms with E-state index in [9.17, 15) is 10.1 Å². The lowest BCUT2D eigenvalue weighted by atomic mass is 10.0. The highest BCUT2D eigenvalue weighted by Crippen LogP contribution is 2.27. The van der Waals surface area contributed by atoms with Crippen molar-refractivity contribution in [2.45, 2.75) is 5.92 Å². The van der Waals surface area contributed by atoms with E-state index in [2.05, 4.69) is 21.3 Å². The van der Waals surface area contributed by atoms with Crippen molar-refractivity contribution in [1.29, 1.82) is 5.26 Å². The van der Waals surface area contributed by atoms with E-state index < -0.39 is 11.7 Å². The first-order valence-corrected chi connectivity index (χ1v) is 11.5. The highest BCUT2D eigenvalue weighted by molar-refractivity contribution is 7.15. The van der Waals surface area contributed by atoms with E-state index in [1.165, 1.54) is 17.4 Å². The maximum Gasteiger partial charge on any atom is 0.232 e. The Balaban J connectivity index is 1.52. The molecule has 1 aliphatic heterocycles. The number of carbonyl (C=O) groups excluding carboxylic acids is 1. The molecular weight excluding hydrogens is 462 g/mol. The number of anilines is 1. The molecule has 0 bridgehead atoms. The van der Waals surface area contributed by atoms with Crippen LogP contribution in [0.25, 0.3) is 16.7 Å². The predicted molar refractivity (Wildman–Crippen MR) is 125 cm³/mol. The number of halogens is 1. The first kappa shape index (κ1) is 21.3. The third-order valence-electron chi connectivity index (χ3n) is 5.31. The van der Waals surface area contributed by atoms with Crippen LogP contribution in [0.5, 0.6) is 0 Å². The van der Waals surface area contributed by atoms with Gasteiger partial charge in [0, 0.05) is 24.7 Å². The predicted octanol–water partition coefficient (Wildman–Crippen LogP) is 3.36. The minimum absolute atomic E-state index is 0.264. The zero-order valence-electron chi connectivity index (χ0n) is 17.3. The molecule has 1 atom stereocenters. The smallest absolute Gasteiger partial charge is 0.232 e. The SMILES string of the molecule is N#CC(C(=O)C=Cc1c(Cl)nc2sccn12)c1nnc(N2CCOCC2)n1-c1ccccc1. The number of allylic oxidation sites excluding steroid dienone is 1. The zero-order chi connectivity index (χ0) is 22.8. The molecule has 166 valence electrons. The molecule has 1 unspecified atom stereocenters. The summed E-state index contributed by atoms with van der Waals surface area (Å²) in [6, 6.07) is 11.6. The van der Waals surface area contributed by atoms with Crippen molar-refractivity contribution in [2.75, 3.05) is 31.2 Å². The van der Waals surface area contributed by atoms with Crippen molar-refractivity contribution >= 4 is 45.7 Å². The standard InChI is InChI=1S/C22H18ClN7O2S/c23-19-17(29-10-13-33-22(29)25-19)6-7-18(31)16(14-24)20-26-27-21(28-8-11-32-12-9-28)30(20)15-4-2-1-3-5-15/h1-7,10,13,16H,8-9,11-12H2. The van der Waals surface area contributed by atoms with Gasteiger partial charge in [0.1, 0.15) is 0 Å². The van der Waals surface area contributed by atoms with Crippen LogP contribution in [-0.4, -0.2) is 56.2 Å². The number of ketones is 1. The summed E-state index contributed by atoms with van der Waals surface area (Å²) in [7, 11) is 0. The van der Waals surface area contributed by atoms with E-state index in [0.29, 0.717) is 43.1 Å². The number of benzene rings is 1. The molecule has 0 amide bonds. The van der Waals surface area contributed by atoms with Gasteiger partial charge in [0.2, 0.25) is 5.95 Å². The molecule has 0 spiro atoms. The molecule has 9 nitrogen and oxygen atoms in total. The minimum Gasteiger partial charge on any atom is -0.378 e. The molecule has 4 aromatic rings. The Bertz CT molecular complexity index is 1360. The van der Waals surface area contributed by atoms with Gasteiger partial charge >= 0.3 is 0 Å². The summed E-state index contributed by atoms with van der Waals surface area (Å²) in [4.78, 5) is 20.2. The monoisotopic (exact) mass is 479 g/mol. The van der Waals surface area contributed by atoms with Crippen molar-refractivity contribution < 1.29 is 9.53 Å². The van der Waals surface area contributed by atoms with Crippen LogP contribution in [0.15, 0.2) is 48.0 Å². The van der Waals surface area contributed by atoms with Crippen LogP contribution in [0.1, 0.15) is 17.4 Å². The van der Waals surface area contributed by atoms with Crippen LogP contribution in [0, 0.1) is 11.3 Å². The highest BCUT2D eigenvalue weighted by Gasteiger charge is 2.29. The van der Waals surface area contributed by atoms with E-state index in [1.807, 2.05) is 46.8 Å². The topological polar surface area (TPSA) is 101 Å². The number of hydrogen-bond donors (Lipinski definition) is 0. The number of carbonyl (C=O) groups is 1. The van der Waals surface area contributed by atoms with Crippen LogP contribution in [0.3, 0.4) is 0 Å². The summed E-state index contributed by atoms with van der Waals surface area (Å²) in [5.41, 5.74) is 1.35. The molecule has 1 aromatic carbocycles. The van der Waals surface area contributed by atoms with E-state index in [0.717, 1.165) is 10.6 Å². The third kappa shape index (κ3) is 4.02. The fourth-order valence-electron chi connectivity index (χ4n) is 3.70. The maximum absolute atomic E-state index is 13.1. The number of hydrogen-bond acceptors (Lipinski definition) is 8. The van der Waals surface area contributed by atoms with Gasteiger partial charge in [-0.3, -0.25) is 13.8 Å². The molecule has 0 radical (unpaired) electrons. The molecule has 11 heteroatoms. The van der Waals surface area contributed by atoms with Gasteiger partial charge in [-0.25, -0.2) is 4.98 Å². The number of morpholine rings is 1. The number of fused-ring (bicyclic) bond motifs is 1. The first-order valence-electron chi connectivity index (χ1n) is 10.2. The van der Waals surface area contributed by atoms with E-state index >= 15 is 0 Å². The Morgan fingerprint density at radius 2 is 2.03 bits per heavy atom. The minimum atomic E-state index is -1.14. The van der Waals surface area contributed by atoms with Gasteiger partial charge in [-0.1, -0.05) is 29.8 Å². The largest absolute Gasteiger partial charge is 0.378 e. The van der Waals surface area contributed by atoms with Crippen molar-refractivity contribution in [2.24, 2.45) is 0 Å². The molecule has 33 heavy (non-hydrogen) atoms. The van der Waals surface area contributed by atoms with E-state index in [1.54, 1.807) is 15.0 Å². The lowest BCUT2D eigenvalue weighted by Gasteiger charge is -2.28. The normalized spacial score (nSPS) is 15.2. The van der Waals surface area contributed by atoms with Gasteiger partial charge in [-0.05, 0) is 24.3 Å². The molecule has 1 saturated heterocycles. The first-order chi connectivity index (χ1) is 16.2. The van der Waals surface area contributed by atoms with Crippen molar-refractivity contribution in [3.63, 3.8) is 0 Å². The Labute approximate surface area is 198 Å². The van der Waals surface area contributed by atoms with Crippen molar-refractivity contribution in [3.05, 3.63) is 64.7 Å². The molecule has 1 aliphatic rings. The summed E-state index contributed by atoms with van der Waals surface area (Å²) in [6.07, 6.45) is 4.75. The molecule has 5 rings (SSSR count). The molecule has 0 aliphatic carbocycles. The van der Waals surface area contributed by atoms with E-state index in [-0.39, 0.29) is 5.82 Å². The number of para-hydroxylation sites is 1. The average Bonchev–Trinajstić information content (AvgIpc) is 3.55. The third-order valence-corrected chi connectivity index (χ3v) is 6.35. The second-order valence-corrected chi connectivity index (χ2v) is 8.50. The molecule has 4 heterocycles. The number of thiazole rings is 1. The Morgan fingerprint density at radius 3 is 2.79 bits per heavy atom. The molecule has 0 saturated carbocycles. The van der Waals surface area contributed by atoms with Crippen molar-refractivity contribution in [1.82, 2.24) is 24.1 Å². The second-order valence-electron chi connectivity index (χ2n) is 7.27. The number of rotatable bonds is 6. The summed E-state index contributed by atoms with van der Waals surface area (Å²) < 4.78 is 9.01. The number of nitriles is 1. The summed E-state index contributed by atoms with van der Waals surface area (Å²) in [5, 5.41) is 20.7.